The zero-order valence-corrected chi connectivity index (χ0v) is 12.8. The normalized spacial score (nSPS) is 15.7. The topological polar surface area (TPSA) is 69.6 Å². The van der Waals surface area contributed by atoms with Crippen molar-refractivity contribution in [2.24, 2.45) is 0 Å². The summed E-state index contributed by atoms with van der Waals surface area (Å²) in [5, 5.41) is 10.1. The van der Waals surface area contributed by atoms with E-state index in [1.807, 2.05) is 0 Å². The van der Waals surface area contributed by atoms with Crippen LogP contribution in [0.2, 0.25) is 0 Å². The molecule has 3 rings (SSSR count). The molecule has 0 unspecified atom stereocenters. The Balaban J connectivity index is 1.85. The molecular formula is C14H18N4O2S. The van der Waals surface area contributed by atoms with E-state index in [2.05, 4.69) is 27.9 Å². The van der Waals surface area contributed by atoms with Crippen molar-refractivity contribution in [3.05, 3.63) is 17.3 Å². The predicted molar refractivity (Wildman–Crippen MR) is 83.2 cm³/mol. The smallest absolute Gasteiger partial charge is 0.407 e. The molecule has 1 aliphatic heterocycles. The highest BCUT2D eigenvalue weighted by Crippen LogP contribution is 2.31. The first-order valence-corrected chi connectivity index (χ1v) is 7.97. The maximum atomic E-state index is 11.0. The third kappa shape index (κ3) is 2.78. The van der Waals surface area contributed by atoms with Gasteiger partial charge >= 0.3 is 6.09 Å². The number of aryl methyl sites for hydroxylation is 1. The highest BCUT2D eigenvalue weighted by molar-refractivity contribution is 7.18. The van der Waals surface area contributed by atoms with E-state index in [1.165, 1.54) is 9.78 Å². The van der Waals surface area contributed by atoms with E-state index < -0.39 is 6.09 Å². The number of hydrogen-bond donors (Lipinski definition) is 1. The zero-order chi connectivity index (χ0) is 14.8. The Morgan fingerprint density at radius 1 is 1.33 bits per heavy atom. The van der Waals surface area contributed by atoms with Crippen molar-refractivity contribution in [1.82, 2.24) is 14.9 Å². The SMILES string of the molecule is CCCc1cc2c(N3CCN(C(=O)O)CC3)ncnc2s1. The number of piperazine rings is 1. The average molecular weight is 306 g/mol. The second kappa shape index (κ2) is 5.85. The number of hydrogen-bond acceptors (Lipinski definition) is 5. The molecule has 1 fully saturated rings. The molecule has 1 amide bonds. The van der Waals surface area contributed by atoms with Crippen LogP contribution in [0.4, 0.5) is 10.6 Å². The van der Waals surface area contributed by atoms with Crippen molar-refractivity contribution in [3.63, 3.8) is 0 Å². The van der Waals surface area contributed by atoms with E-state index in [4.69, 9.17) is 5.11 Å². The van der Waals surface area contributed by atoms with Gasteiger partial charge in [0, 0.05) is 31.1 Å². The maximum Gasteiger partial charge on any atom is 0.407 e. The fourth-order valence-corrected chi connectivity index (χ4v) is 3.72. The van der Waals surface area contributed by atoms with Gasteiger partial charge in [0.2, 0.25) is 0 Å². The molecule has 0 spiro atoms. The number of amides is 1. The van der Waals surface area contributed by atoms with Gasteiger partial charge in [-0.3, -0.25) is 0 Å². The summed E-state index contributed by atoms with van der Waals surface area (Å²) in [7, 11) is 0. The second-order valence-corrected chi connectivity index (χ2v) is 6.25. The highest BCUT2D eigenvalue weighted by atomic mass is 32.1. The van der Waals surface area contributed by atoms with Crippen LogP contribution in [0, 0.1) is 0 Å². The van der Waals surface area contributed by atoms with Crippen molar-refractivity contribution < 1.29 is 9.90 Å². The molecule has 1 saturated heterocycles. The predicted octanol–water partition coefficient (Wildman–Crippen LogP) is 2.44. The molecule has 1 aliphatic rings. The van der Waals surface area contributed by atoms with Crippen molar-refractivity contribution in [2.45, 2.75) is 19.8 Å². The van der Waals surface area contributed by atoms with Gasteiger partial charge in [0.25, 0.3) is 0 Å². The molecule has 0 atom stereocenters. The molecule has 1 N–H and O–H groups in total. The van der Waals surface area contributed by atoms with E-state index in [1.54, 1.807) is 17.7 Å². The quantitative estimate of drug-likeness (QED) is 0.943. The lowest BCUT2D eigenvalue weighted by atomic mass is 10.2. The van der Waals surface area contributed by atoms with Crippen LogP contribution in [0.3, 0.4) is 0 Å². The largest absolute Gasteiger partial charge is 0.465 e. The number of rotatable bonds is 3. The minimum atomic E-state index is -0.844. The average Bonchev–Trinajstić information content (AvgIpc) is 2.90. The molecule has 0 bridgehead atoms. The monoisotopic (exact) mass is 306 g/mol. The highest BCUT2D eigenvalue weighted by Gasteiger charge is 2.23. The molecule has 7 heteroatoms. The van der Waals surface area contributed by atoms with Gasteiger partial charge in [0.05, 0.1) is 5.39 Å². The summed E-state index contributed by atoms with van der Waals surface area (Å²) in [6.07, 6.45) is 2.94. The third-order valence-corrected chi connectivity index (χ3v) is 4.81. The lowest BCUT2D eigenvalue weighted by Crippen LogP contribution is -2.48. The van der Waals surface area contributed by atoms with Crippen LogP contribution in [0.1, 0.15) is 18.2 Å². The molecule has 0 saturated carbocycles. The van der Waals surface area contributed by atoms with E-state index >= 15 is 0 Å². The van der Waals surface area contributed by atoms with Crippen molar-refractivity contribution in [1.29, 1.82) is 0 Å². The second-order valence-electron chi connectivity index (χ2n) is 5.14. The van der Waals surface area contributed by atoms with Crippen LogP contribution >= 0.6 is 11.3 Å². The fourth-order valence-electron chi connectivity index (χ4n) is 2.62. The first-order chi connectivity index (χ1) is 10.2. The number of carboxylic acid groups (broad SMARTS) is 1. The van der Waals surface area contributed by atoms with Crippen molar-refractivity contribution in [2.75, 3.05) is 31.1 Å². The Morgan fingerprint density at radius 2 is 2.10 bits per heavy atom. The summed E-state index contributed by atoms with van der Waals surface area (Å²) < 4.78 is 0. The number of thiophene rings is 1. The van der Waals surface area contributed by atoms with Crippen LogP contribution in [0.25, 0.3) is 10.2 Å². The standard InChI is InChI=1S/C14H18N4O2S/c1-2-3-10-8-11-12(15-9-16-13(11)21-10)17-4-6-18(7-5-17)14(19)20/h8-9H,2-7H2,1H3,(H,19,20). The minimum Gasteiger partial charge on any atom is -0.465 e. The van der Waals surface area contributed by atoms with Gasteiger partial charge in [-0.15, -0.1) is 11.3 Å². The molecule has 6 nitrogen and oxygen atoms in total. The third-order valence-electron chi connectivity index (χ3n) is 3.71. The Kier molecular flexibility index (Phi) is 3.92. The van der Waals surface area contributed by atoms with Gasteiger partial charge in [-0.25, -0.2) is 14.8 Å². The summed E-state index contributed by atoms with van der Waals surface area (Å²) in [4.78, 5) is 25.7. The molecule has 2 aromatic rings. The summed E-state index contributed by atoms with van der Waals surface area (Å²) in [5.41, 5.74) is 0. The Bertz CT molecular complexity index is 649. The molecule has 0 radical (unpaired) electrons. The number of aromatic nitrogens is 2. The van der Waals surface area contributed by atoms with E-state index in [-0.39, 0.29) is 0 Å². The lowest BCUT2D eigenvalue weighted by molar-refractivity contribution is 0.142. The number of nitrogens with zero attached hydrogens (tertiary/aromatic N) is 4. The van der Waals surface area contributed by atoms with E-state index in [9.17, 15) is 4.79 Å². The van der Waals surface area contributed by atoms with Gasteiger partial charge in [-0.05, 0) is 12.5 Å². The zero-order valence-electron chi connectivity index (χ0n) is 11.9. The molecule has 2 aromatic heterocycles. The van der Waals surface area contributed by atoms with Gasteiger partial charge in [0.1, 0.15) is 17.0 Å². The van der Waals surface area contributed by atoms with Crippen molar-refractivity contribution >= 4 is 33.5 Å². The Hall–Kier alpha value is -1.89. The number of carbonyl (C=O) groups is 1. The fraction of sp³-hybridized carbons (Fsp3) is 0.500. The van der Waals surface area contributed by atoms with Gasteiger partial charge in [-0.2, -0.15) is 0 Å². The van der Waals surface area contributed by atoms with Crippen LogP contribution in [-0.4, -0.2) is 52.2 Å². The van der Waals surface area contributed by atoms with Crippen LogP contribution in [0.15, 0.2) is 12.4 Å². The number of fused-ring (bicyclic) bond motifs is 1. The first kappa shape index (κ1) is 14.1. The molecule has 21 heavy (non-hydrogen) atoms. The number of anilines is 1. The first-order valence-electron chi connectivity index (χ1n) is 7.15. The Morgan fingerprint density at radius 3 is 2.76 bits per heavy atom. The summed E-state index contributed by atoms with van der Waals surface area (Å²) in [6, 6.07) is 2.18. The lowest BCUT2D eigenvalue weighted by Gasteiger charge is -2.34. The molecule has 3 heterocycles. The molecule has 0 aromatic carbocycles. The molecule has 112 valence electrons. The minimum absolute atomic E-state index is 0.521. The van der Waals surface area contributed by atoms with Gasteiger partial charge in [0.15, 0.2) is 0 Å². The summed E-state index contributed by atoms with van der Waals surface area (Å²) >= 11 is 1.72. The van der Waals surface area contributed by atoms with Crippen LogP contribution in [-0.2, 0) is 6.42 Å². The van der Waals surface area contributed by atoms with Gasteiger partial charge < -0.3 is 14.9 Å². The Labute approximate surface area is 127 Å². The van der Waals surface area contributed by atoms with E-state index in [0.717, 1.165) is 28.9 Å². The summed E-state index contributed by atoms with van der Waals surface area (Å²) in [6.45, 7) is 4.57. The van der Waals surface area contributed by atoms with Crippen LogP contribution < -0.4 is 4.90 Å². The van der Waals surface area contributed by atoms with Gasteiger partial charge in [-0.1, -0.05) is 13.3 Å². The summed E-state index contributed by atoms with van der Waals surface area (Å²) in [5.74, 6) is 0.934. The molecular weight excluding hydrogens is 288 g/mol. The van der Waals surface area contributed by atoms with Crippen molar-refractivity contribution in [3.8, 4) is 0 Å². The van der Waals surface area contributed by atoms with E-state index in [0.29, 0.717) is 26.2 Å². The molecule has 0 aliphatic carbocycles. The van der Waals surface area contributed by atoms with Crippen LogP contribution in [0.5, 0.6) is 0 Å². The maximum absolute atomic E-state index is 11.0.